The molecule has 0 fully saturated rings. The van der Waals surface area contributed by atoms with Gasteiger partial charge in [-0.15, -0.1) is 0 Å². The van der Waals surface area contributed by atoms with Gasteiger partial charge in [-0.1, -0.05) is 12.1 Å². The topological polar surface area (TPSA) is 18.5 Å². The Morgan fingerprint density at radius 3 is 1.56 bits per heavy atom. The molecule has 0 saturated carbocycles. The normalized spacial score (nSPS) is 12.4. The predicted molar refractivity (Wildman–Crippen MR) is 157 cm³/mol. The molecule has 2 nitrogen and oxygen atoms in total. The Morgan fingerprint density at radius 1 is 0.426 bits per heavy atom. The SMILES string of the molecule is Fc1cc(F)c(F)c(OB(Oc2c(F)c(F)c(F)c3c2Cc2cccc(F)c2-3)c2c(F)c(F)c3c(F)c(F)c4c(F)c(F)c(F)c5c(F)c(F)c2c3c45)c1. The molecule has 0 spiro atoms. The molecule has 0 atom stereocenters. The fourth-order valence-electron chi connectivity index (χ4n) is 6.78. The van der Waals surface area contributed by atoms with Gasteiger partial charge in [0.15, 0.2) is 75.6 Å². The minimum atomic E-state index is -3.38. The van der Waals surface area contributed by atoms with E-state index in [1.54, 1.807) is 0 Å². The van der Waals surface area contributed by atoms with Crippen LogP contribution in [0.25, 0.3) is 43.4 Å². The minimum Gasteiger partial charge on any atom is -0.520 e. The van der Waals surface area contributed by atoms with Gasteiger partial charge in [0, 0.05) is 51.4 Å². The quantitative estimate of drug-likeness (QED) is 0.0570. The zero-order valence-electron chi connectivity index (χ0n) is 25.5. The molecule has 7 aromatic carbocycles. The third kappa shape index (κ3) is 4.52. The number of hydrogen-bond acceptors (Lipinski definition) is 2. The molecule has 0 amide bonds. The fourth-order valence-corrected chi connectivity index (χ4v) is 6.78. The van der Waals surface area contributed by atoms with E-state index in [2.05, 4.69) is 0 Å². The second kappa shape index (κ2) is 11.8. The maximum Gasteiger partial charge on any atom is 0.636 e. The third-order valence-corrected chi connectivity index (χ3v) is 9.01. The summed E-state index contributed by atoms with van der Waals surface area (Å²) in [5, 5.41) is -11.1. The van der Waals surface area contributed by atoms with Gasteiger partial charge in [0.2, 0.25) is 5.82 Å². The summed E-state index contributed by atoms with van der Waals surface area (Å²) in [6.45, 7) is 0. The highest BCUT2D eigenvalue weighted by molar-refractivity contribution is 6.66. The largest absolute Gasteiger partial charge is 0.636 e. The van der Waals surface area contributed by atoms with Crippen LogP contribution in [0.5, 0.6) is 11.5 Å². The van der Waals surface area contributed by atoms with Crippen LogP contribution >= 0.6 is 0 Å². The number of hydrogen-bond donors (Lipinski definition) is 0. The molecule has 0 N–H and O–H groups in total. The Morgan fingerprint density at radius 2 is 0.944 bits per heavy atom. The van der Waals surface area contributed by atoms with Gasteiger partial charge in [-0.3, -0.25) is 0 Å². The van der Waals surface area contributed by atoms with Gasteiger partial charge in [-0.25, -0.2) is 61.5 Å². The molecule has 19 heteroatoms. The van der Waals surface area contributed by atoms with Crippen LogP contribution in [0.1, 0.15) is 11.1 Å². The van der Waals surface area contributed by atoms with Crippen molar-refractivity contribution >= 4 is 44.9 Å². The molecule has 1 aliphatic carbocycles. The van der Waals surface area contributed by atoms with Crippen LogP contribution in [0.4, 0.5) is 70.2 Å². The van der Waals surface area contributed by atoms with Crippen molar-refractivity contribution in [3.63, 3.8) is 0 Å². The first-order valence-electron chi connectivity index (χ1n) is 14.8. The van der Waals surface area contributed by atoms with Crippen molar-refractivity contribution in [3.8, 4) is 22.6 Å². The Balaban J connectivity index is 1.51. The number of rotatable bonds is 5. The lowest BCUT2D eigenvalue weighted by molar-refractivity contribution is 0.372. The van der Waals surface area contributed by atoms with E-state index < -0.39 is 173 Å². The van der Waals surface area contributed by atoms with Crippen LogP contribution in [0.15, 0.2) is 30.3 Å². The predicted octanol–water partition coefficient (Wildman–Crippen LogP) is 10.2. The van der Waals surface area contributed by atoms with E-state index in [0.717, 1.165) is 18.2 Å². The molecule has 0 bridgehead atoms. The Kier molecular flexibility index (Phi) is 7.69. The summed E-state index contributed by atoms with van der Waals surface area (Å²) in [6.07, 6.45) is -0.742. The van der Waals surface area contributed by atoms with Gasteiger partial charge in [0.05, 0.1) is 21.6 Å². The van der Waals surface area contributed by atoms with Gasteiger partial charge >= 0.3 is 7.12 Å². The van der Waals surface area contributed by atoms with Gasteiger partial charge in [0.1, 0.15) is 23.1 Å². The van der Waals surface area contributed by atoms with Crippen LogP contribution in [0.2, 0.25) is 0 Å². The van der Waals surface area contributed by atoms with Crippen molar-refractivity contribution in [3.05, 3.63) is 135 Å². The summed E-state index contributed by atoms with van der Waals surface area (Å²) in [5.74, 6) is -40.6. The molecule has 274 valence electrons. The molecule has 54 heavy (non-hydrogen) atoms. The van der Waals surface area contributed by atoms with Crippen LogP contribution in [0, 0.1) is 93.1 Å². The number of halogens is 16. The molecule has 1 aliphatic rings. The van der Waals surface area contributed by atoms with E-state index in [0.29, 0.717) is 0 Å². The first-order chi connectivity index (χ1) is 25.5. The molecule has 7 aromatic rings. The molecule has 0 radical (unpaired) electrons. The van der Waals surface area contributed by atoms with Gasteiger partial charge in [0.25, 0.3) is 0 Å². The number of benzene rings is 7. The van der Waals surface area contributed by atoms with Gasteiger partial charge in [-0.2, -0.15) is 8.78 Å². The fraction of sp³-hybridized carbons (Fsp3) is 0.0286. The second-order valence-electron chi connectivity index (χ2n) is 11.8. The van der Waals surface area contributed by atoms with Crippen molar-refractivity contribution in [1.29, 1.82) is 0 Å². The highest BCUT2D eigenvalue weighted by Gasteiger charge is 2.44. The van der Waals surface area contributed by atoms with Gasteiger partial charge in [-0.05, 0) is 11.6 Å². The van der Waals surface area contributed by atoms with Gasteiger partial charge < -0.3 is 9.31 Å². The van der Waals surface area contributed by atoms with Crippen molar-refractivity contribution in [1.82, 2.24) is 0 Å². The molecule has 0 aliphatic heterocycles. The summed E-state index contributed by atoms with van der Waals surface area (Å²) < 4.78 is 254. The summed E-state index contributed by atoms with van der Waals surface area (Å²) in [4.78, 5) is 0. The lowest BCUT2D eigenvalue weighted by atomic mass is 9.72. The minimum absolute atomic E-state index is 0.00423. The van der Waals surface area contributed by atoms with Crippen LogP contribution in [-0.2, 0) is 6.42 Å². The molecular formula is C35H7BF16O2. The van der Waals surface area contributed by atoms with Crippen molar-refractivity contribution in [2.45, 2.75) is 6.42 Å². The Labute approximate surface area is 288 Å². The average molecular weight is 774 g/mol. The third-order valence-electron chi connectivity index (χ3n) is 9.01. The average Bonchev–Trinajstić information content (AvgIpc) is 3.52. The second-order valence-corrected chi connectivity index (χ2v) is 11.8. The first kappa shape index (κ1) is 35.2. The molecule has 0 heterocycles. The van der Waals surface area contributed by atoms with E-state index in [4.69, 9.17) is 9.31 Å². The molecule has 0 aromatic heterocycles. The highest BCUT2D eigenvalue weighted by atomic mass is 19.2. The molecule has 0 unspecified atom stereocenters. The van der Waals surface area contributed by atoms with Crippen LogP contribution in [-0.4, -0.2) is 7.12 Å². The van der Waals surface area contributed by atoms with Crippen molar-refractivity contribution < 1.29 is 79.6 Å². The summed E-state index contributed by atoms with van der Waals surface area (Å²) in [5.41, 5.74) is -4.69. The maximum absolute atomic E-state index is 16.3. The summed E-state index contributed by atoms with van der Waals surface area (Å²) in [6, 6.07) is 2.95. The zero-order valence-corrected chi connectivity index (χ0v) is 25.5. The molecular weight excluding hydrogens is 767 g/mol. The Bertz CT molecular complexity index is 2820. The monoisotopic (exact) mass is 774 g/mol. The molecule has 8 rings (SSSR count). The van der Waals surface area contributed by atoms with Crippen molar-refractivity contribution in [2.24, 2.45) is 0 Å². The maximum atomic E-state index is 16.3. The zero-order chi connectivity index (χ0) is 39.0. The lowest BCUT2D eigenvalue weighted by Crippen LogP contribution is -2.46. The van der Waals surface area contributed by atoms with E-state index >= 15 is 39.5 Å². The summed E-state index contributed by atoms with van der Waals surface area (Å²) >= 11 is 0. The van der Waals surface area contributed by atoms with E-state index in [-0.39, 0.29) is 17.7 Å². The summed E-state index contributed by atoms with van der Waals surface area (Å²) in [7, 11) is -3.38. The van der Waals surface area contributed by atoms with Crippen molar-refractivity contribution in [2.75, 3.05) is 0 Å². The first-order valence-corrected chi connectivity index (χ1v) is 14.8. The Hall–Kier alpha value is -5.88. The smallest absolute Gasteiger partial charge is 0.520 e. The standard InChI is InChI=1S/C35H7BF16O2/c37-8-5-11(39)22(40)12(6-8)53-36(54-35-9-4-7-2-1-3-10(38)13(7)14(9)23(41)33(51)34(35)52)21-17-15-16-19(25(43)24(17)42)29(47)32(50)30(48)20(16)27(45)26(44)18(15)28(46)31(21)49/h1-3,5-6H,4H2. The van der Waals surface area contributed by atoms with Crippen LogP contribution < -0.4 is 14.8 Å². The lowest BCUT2D eigenvalue weighted by Gasteiger charge is -2.24. The van der Waals surface area contributed by atoms with E-state index in [9.17, 15) is 30.7 Å². The van der Waals surface area contributed by atoms with E-state index in [1.165, 1.54) is 0 Å². The number of fused-ring (bicyclic) bond motifs is 3. The van der Waals surface area contributed by atoms with E-state index in [1.807, 2.05) is 0 Å². The highest BCUT2D eigenvalue weighted by Crippen LogP contribution is 2.48. The molecule has 0 saturated heterocycles. The van der Waals surface area contributed by atoms with Crippen LogP contribution in [0.3, 0.4) is 0 Å².